The van der Waals surface area contributed by atoms with Gasteiger partial charge in [0.1, 0.15) is 6.26 Å². The first kappa shape index (κ1) is 25.0. The molecule has 0 saturated heterocycles. The zero-order valence-electron chi connectivity index (χ0n) is 18.9. The van der Waals surface area contributed by atoms with Crippen molar-refractivity contribution in [2.45, 2.75) is 25.9 Å². The second-order valence-electron chi connectivity index (χ2n) is 7.64. The van der Waals surface area contributed by atoms with E-state index in [1.165, 1.54) is 0 Å². The third-order valence-electron chi connectivity index (χ3n) is 4.86. The number of urea groups is 1. The number of carboxylic acid groups (broad SMARTS) is 1. The van der Waals surface area contributed by atoms with Gasteiger partial charge in [0.15, 0.2) is 5.69 Å². The molecular weight excluding hydrogens is 454 g/mol. The molecule has 182 valence electrons. The first-order chi connectivity index (χ1) is 16.8. The van der Waals surface area contributed by atoms with E-state index in [1.807, 2.05) is 49.4 Å². The van der Waals surface area contributed by atoms with Crippen LogP contribution in [0.1, 0.15) is 39.6 Å². The fourth-order valence-corrected chi connectivity index (χ4v) is 3.08. The third kappa shape index (κ3) is 8.00. The quantitative estimate of drug-likeness (QED) is 0.298. The number of hydrogen-bond acceptors (Lipinski definition) is 6. The first-order valence-electron chi connectivity index (χ1n) is 10.7. The van der Waals surface area contributed by atoms with Gasteiger partial charge in [-0.25, -0.2) is 4.79 Å². The summed E-state index contributed by atoms with van der Waals surface area (Å²) in [5.41, 5.74) is 2.39. The minimum absolute atomic E-state index is 0.142. The van der Waals surface area contributed by atoms with Crippen molar-refractivity contribution in [2.75, 3.05) is 11.9 Å². The molecule has 35 heavy (non-hydrogen) atoms. The van der Waals surface area contributed by atoms with E-state index in [0.29, 0.717) is 12.1 Å². The number of nitrogens with one attached hydrogen (secondary N) is 4. The fraction of sp³-hybridized carbons (Fsp3) is 0.208. The Morgan fingerprint density at radius 3 is 2.40 bits per heavy atom. The average molecular weight is 479 g/mol. The molecule has 11 nitrogen and oxygen atoms in total. The number of aliphatic carboxylic acids is 1. The standard InChI is InChI=1S/C24H25N5O6/c1-15-7-9-17(10-8-15)18(11-21(31)32)27-20(30)13-25-22(33)19-14-35-24(28-19)29-23(34)26-12-16-5-3-2-4-6-16/h2-10,14,18H,11-13H2,1H3,(H,25,33)(H,27,30)(H,31,32)(H2,26,28,29,34). The van der Waals surface area contributed by atoms with Crippen molar-refractivity contribution in [3.05, 3.63) is 83.2 Å². The molecule has 1 aromatic heterocycles. The van der Waals surface area contributed by atoms with Crippen molar-refractivity contribution in [3.63, 3.8) is 0 Å². The first-order valence-corrected chi connectivity index (χ1v) is 10.7. The monoisotopic (exact) mass is 479 g/mol. The zero-order chi connectivity index (χ0) is 25.2. The number of rotatable bonds is 10. The SMILES string of the molecule is Cc1ccc(C(CC(=O)O)NC(=O)CNC(=O)c2coc(NC(=O)NCc3ccccc3)n2)cc1. The zero-order valence-corrected chi connectivity index (χ0v) is 18.9. The summed E-state index contributed by atoms with van der Waals surface area (Å²) in [5, 5.41) is 19.2. The number of carbonyl (C=O) groups excluding carboxylic acids is 3. The summed E-state index contributed by atoms with van der Waals surface area (Å²) in [4.78, 5) is 51.7. The molecule has 0 radical (unpaired) electrons. The number of aromatic nitrogens is 1. The van der Waals surface area contributed by atoms with Crippen molar-refractivity contribution in [1.82, 2.24) is 20.9 Å². The second kappa shape index (κ2) is 12.0. The molecule has 0 bridgehead atoms. The number of anilines is 1. The van der Waals surface area contributed by atoms with E-state index in [0.717, 1.165) is 17.4 Å². The van der Waals surface area contributed by atoms with E-state index in [1.54, 1.807) is 12.1 Å². The lowest BCUT2D eigenvalue weighted by atomic mass is 10.0. The maximum absolute atomic E-state index is 12.3. The summed E-state index contributed by atoms with van der Waals surface area (Å²) in [6, 6.07) is 14.9. The maximum atomic E-state index is 12.3. The van der Waals surface area contributed by atoms with E-state index < -0.39 is 36.4 Å². The summed E-state index contributed by atoms with van der Waals surface area (Å²) < 4.78 is 5.08. The Balaban J connectivity index is 1.47. The van der Waals surface area contributed by atoms with Crippen molar-refractivity contribution in [1.29, 1.82) is 0 Å². The molecule has 4 amide bonds. The molecule has 0 saturated carbocycles. The number of aryl methyl sites for hydroxylation is 1. The van der Waals surface area contributed by atoms with Gasteiger partial charge in [0.2, 0.25) is 5.91 Å². The Bertz CT molecular complexity index is 1180. The molecule has 0 aliphatic rings. The van der Waals surface area contributed by atoms with Gasteiger partial charge in [-0.15, -0.1) is 0 Å². The number of hydrogen-bond donors (Lipinski definition) is 5. The smallest absolute Gasteiger partial charge is 0.323 e. The van der Waals surface area contributed by atoms with Gasteiger partial charge in [-0.3, -0.25) is 19.7 Å². The Hall–Kier alpha value is -4.67. The van der Waals surface area contributed by atoms with Crippen LogP contribution in [0.25, 0.3) is 0 Å². The van der Waals surface area contributed by atoms with Crippen molar-refractivity contribution < 1.29 is 28.7 Å². The van der Waals surface area contributed by atoms with E-state index in [9.17, 15) is 19.2 Å². The summed E-state index contributed by atoms with van der Waals surface area (Å²) in [6.07, 6.45) is 0.729. The lowest BCUT2D eigenvalue weighted by Crippen LogP contribution is -2.39. The number of carbonyl (C=O) groups is 4. The molecular formula is C24H25N5O6. The lowest BCUT2D eigenvalue weighted by molar-refractivity contribution is -0.137. The highest BCUT2D eigenvalue weighted by Gasteiger charge is 2.19. The average Bonchev–Trinajstić information content (AvgIpc) is 3.30. The highest BCUT2D eigenvalue weighted by molar-refractivity contribution is 5.95. The van der Waals surface area contributed by atoms with Gasteiger partial charge in [0.05, 0.1) is 19.0 Å². The highest BCUT2D eigenvalue weighted by atomic mass is 16.4. The summed E-state index contributed by atoms with van der Waals surface area (Å²) in [6.45, 7) is 1.78. The minimum atomic E-state index is -1.07. The molecule has 1 heterocycles. The van der Waals surface area contributed by atoms with E-state index in [4.69, 9.17) is 9.52 Å². The van der Waals surface area contributed by atoms with Gasteiger partial charge >= 0.3 is 18.0 Å². The molecule has 11 heteroatoms. The third-order valence-corrected chi connectivity index (χ3v) is 4.86. The van der Waals surface area contributed by atoms with Gasteiger partial charge in [0.25, 0.3) is 5.91 Å². The van der Waals surface area contributed by atoms with E-state index >= 15 is 0 Å². The van der Waals surface area contributed by atoms with Crippen LogP contribution in [-0.4, -0.2) is 40.5 Å². The molecule has 3 aromatic rings. The van der Waals surface area contributed by atoms with Gasteiger partial charge in [-0.2, -0.15) is 4.98 Å². The minimum Gasteiger partial charge on any atom is -0.481 e. The molecule has 3 rings (SSSR count). The van der Waals surface area contributed by atoms with Crippen molar-refractivity contribution in [2.24, 2.45) is 0 Å². The predicted octanol–water partition coefficient (Wildman–Crippen LogP) is 2.37. The summed E-state index contributed by atoms with van der Waals surface area (Å²) in [5.74, 6) is -2.35. The Morgan fingerprint density at radius 2 is 1.71 bits per heavy atom. The number of amides is 4. The highest BCUT2D eigenvalue weighted by Crippen LogP contribution is 2.17. The normalized spacial score (nSPS) is 11.2. The second-order valence-corrected chi connectivity index (χ2v) is 7.64. The van der Waals surface area contributed by atoms with Crippen molar-refractivity contribution in [3.8, 4) is 0 Å². The van der Waals surface area contributed by atoms with Crippen molar-refractivity contribution >= 4 is 29.8 Å². The van der Waals surface area contributed by atoms with Crippen LogP contribution in [0.3, 0.4) is 0 Å². The molecule has 0 fully saturated rings. The molecule has 0 spiro atoms. The Morgan fingerprint density at radius 1 is 1.00 bits per heavy atom. The summed E-state index contributed by atoms with van der Waals surface area (Å²) in [7, 11) is 0. The van der Waals surface area contributed by atoms with Crippen LogP contribution in [0, 0.1) is 6.92 Å². The molecule has 0 aliphatic heterocycles. The Kier molecular flexibility index (Phi) is 8.54. The van der Waals surface area contributed by atoms with Crippen LogP contribution in [0.15, 0.2) is 65.3 Å². The molecule has 0 aliphatic carbocycles. The number of oxazole rings is 1. The lowest BCUT2D eigenvalue weighted by Gasteiger charge is -2.18. The van der Waals surface area contributed by atoms with Crippen LogP contribution in [-0.2, 0) is 16.1 Å². The van der Waals surface area contributed by atoms with E-state index in [-0.39, 0.29) is 18.1 Å². The van der Waals surface area contributed by atoms with Crippen LogP contribution in [0.4, 0.5) is 10.8 Å². The largest absolute Gasteiger partial charge is 0.481 e. The number of carboxylic acids is 1. The predicted molar refractivity (Wildman–Crippen MR) is 125 cm³/mol. The maximum Gasteiger partial charge on any atom is 0.323 e. The van der Waals surface area contributed by atoms with Crippen LogP contribution in [0.5, 0.6) is 0 Å². The van der Waals surface area contributed by atoms with Gasteiger partial charge in [-0.05, 0) is 18.1 Å². The van der Waals surface area contributed by atoms with E-state index in [2.05, 4.69) is 26.3 Å². The van der Waals surface area contributed by atoms with Gasteiger partial charge in [-0.1, -0.05) is 60.2 Å². The van der Waals surface area contributed by atoms with Crippen LogP contribution < -0.4 is 21.3 Å². The Labute approximate surface area is 200 Å². The molecule has 2 aromatic carbocycles. The topological polar surface area (TPSA) is 163 Å². The summed E-state index contributed by atoms with van der Waals surface area (Å²) >= 11 is 0. The molecule has 1 atom stereocenters. The molecule has 5 N–H and O–H groups in total. The number of benzene rings is 2. The number of nitrogens with zero attached hydrogens (tertiary/aromatic N) is 1. The van der Waals surface area contributed by atoms with Crippen LogP contribution >= 0.6 is 0 Å². The van der Waals surface area contributed by atoms with Crippen LogP contribution in [0.2, 0.25) is 0 Å². The molecule has 1 unspecified atom stereocenters. The van der Waals surface area contributed by atoms with Gasteiger partial charge < -0.3 is 25.5 Å². The fourth-order valence-electron chi connectivity index (χ4n) is 3.08. The van der Waals surface area contributed by atoms with Gasteiger partial charge in [0, 0.05) is 6.54 Å².